The van der Waals surface area contributed by atoms with Gasteiger partial charge in [0.05, 0.1) is 17.9 Å². The first kappa shape index (κ1) is 20.7. The van der Waals surface area contributed by atoms with Crippen molar-refractivity contribution in [3.8, 4) is 0 Å². The molecule has 2 bridgehead atoms. The van der Waals surface area contributed by atoms with Crippen LogP contribution in [0.4, 0.5) is 0 Å². The molecule has 2 saturated heterocycles. The Bertz CT molecular complexity index is 825. The van der Waals surface area contributed by atoms with Crippen LogP contribution in [0.1, 0.15) is 77.0 Å². The Balaban J connectivity index is 1.31. The smallest absolute Gasteiger partial charge is 0.246 e. The monoisotopic (exact) mass is 441 g/mol. The Morgan fingerprint density at radius 2 is 1.44 bits per heavy atom. The lowest BCUT2D eigenvalue weighted by Crippen LogP contribution is -2.57. The summed E-state index contributed by atoms with van der Waals surface area (Å²) in [5.41, 5.74) is -1.01. The highest BCUT2D eigenvalue weighted by Crippen LogP contribution is 2.56. The van der Waals surface area contributed by atoms with Crippen molar-refractivity contribution in [2.75, 3.05) is 0 Å². The lowest BCUT2D eigenvalue weighted by molar-refractivity contribution is -0.144. The number of carbonyl (C=O) groups is 3. The normalized spacial score (nSPS) is 39.4. The zero-order valence-electron chi connectivity index (χ0n) is 18.8. The van der Waals surface area contributed by atoms with Crippen molar-refractivity contribution in [2.24, 2.45) is 11.8 Å². The van der Waals surface area contributed by atoms with Crippen LogP contribution in [0.5, 0.6) is 0 Å². The molecule has 7 heteroatoms. The van der Waals surface area contributed by atoms with Gasteiger partial charge in [0, 0.05) is 18.1 Å². The Morgan fingerprint density at radius 1 is 0.875 bits per heavy atom. The first-order valence-electron chi connectivity index (χ1n) is 12.9. The second-order valence-electron chi connectivity index (χ2n) is 10.9. The fraction of sp³-hybridized carbons (Fsp3) is 0.800. The quantitative estimate of drug-likeness (QED) is 0.641. The molecular weight excluding hydrogens is 406 g/mol. The van der Waals surface area contributed by atoms with Gasteiger partial charge in [-0.2, -0.15) is 0 Å². The summed E-state index contributed by atoms with van der Waals surface area (Å²) in [6.07, 6.45) is 16.0. The van der Waals surface area contributed by atoms with E-state index in [4.69, 9.17) is 4.74 Å². The topological polar surface area (TPSA) is 87.7 Å². The van der Waals surface area contributed by atoms with Crippen molar-refractivity contribution in [3.05, 3.63) is 12.2 Å². The van der Waals surface area contributed by atoms with Gasteiger partial charge in [0.2, 0.25) is 17.7 Å². The maximum Gasteiger partial charge on any atom is 0.246 e. The predicted molar refractivity (Wildman–Crippen MR) is 117 cm³/mol. The number of carbonyl (C=O) groups excluding carboxylic acids is 3. The van der Waals surface area contributed by atoms with Crippen molar-refractivity contribution >= 4 is 17.7 Å². The Labute approximate surface area is 189 Å². The largest absolute Gasteiger partial charge is 0.359 e. The molecule has 6 aliphatic rings. The van der Waals surface area contributed by atoms with Crippen LogP contribution in [0.15, 0.2) is 12.2 Å². The summed E-state index contributed by atoms with van der Waals surface area (Å²) in [6, 6.07) is -0.224. The Morgan fingerprint density at radius 3 is 2.06 bits per heavy atom. The molecule has 0 aromatic heterocycles. The van der Waals surface area contributed by atoms with Gasteiger partial charge in [-0.05, 0) is 38.5 Å². The molecule has 0 aromatic rings. The zero-order chi connectivity index (χ0) is 21.9. The van der Waals surface area contributed by atoms with E-state index in [1.165, 1.54) is 0 Å². The molecule has 1 spiro atoms. The third-order valence-corrected chi connectivity index (χ3v) is 8.98. The summed E-state index contributed by atoms with van der Waals surface area (Å²) >= 11 is 0. The maximum absolute atomic E-state index is 13.9. The van der Waals surface area contributed by atoms with E-state index in [0.717, 1.165) is 77.0 Å². The SMILES string of the molecule is O=C(NC1CCCC1)[C@H]1[C@H]2C(=O)N(C3CCCC3)[C@H](C(=O)NC3CCCC3)[C@@]23C=C[C@H]1O3. The van der Waals surface area contributed by atoms with Gasteiger partial charge in [0.25, 0.3) is 0 Å². The van der Waals surface area contributed by atoms with E-state index in [1.54, 1.807) is 0 Å². The second-order valence-corrected chi connectivity index (χ2v) is 10.9. The molecule has 5 atom stereocenters. The molecule has 0 unspecified atom stereocenters. The fourth-order valence-electron chi connectivity index (χ4n) is 7.50. The molecule has 3 heterocycles. The number of amides is 3. The summed E-state index contributed by atoms with van der Waals surface area (Å²) in [5.74, 6) is -1.36. The molecule has 5 fully saturated rings. The number of hydrogen-bond donors (Lipinski definition) is 2. The highest BCUT2D eigenvalue weighted by molar-refractivity contribution is 6.00. The third kappa shape index (κ3) is 3.06. The Hall–Kier alpha value is -1.89. The molecule has 7 nitrogen and oxygen atoms in total. The summed E-state index contributed by atoms with van der Waals surface area (Å²) in [6.45, 7) is 0. The highest BCUT2D eigenvalue weighted by atomic mass is 16.5. The van der Waals surface area contributed by atoms with Crippen LogP contribution >= 0.6 is 0 Å². The van der Waals surface area contributed by atoms with Crippen molar-refractivity contribution in [3.63, 3.8) is 0 Å². The van der Waals surface area contributed by atoms with Crippen LogP contribution in [-0.4, -0.2) is 58.5 Å². The van der Waals surface area contributed by atoms with Gasteiger partial charge in [0.1, 0.15) is 11.6 Å². The number of hydrogen-bond acceptors (Lipinski definition) is 4. The molecule has 3 aliphatic carbocycles. The van der Waals surface area contributed by atoms with Crippen molar-refractivity contribution in [1.82, 2.24) is 15.5 Å². The van der Waals surface area contributed by atoms with E-state index >= 15 is 0 Å². The van der Waals surface area contributed by atoms with E-state index in [-0.39, 0.29) is 35.8 Å². The molecule has 32 heavy (non-hydrogen) atoms. The molecule has 174 valence electrons. The van der Waals surface area contributed by atoms with Gasteiger partial charge in [-0.3, -0.25) is 14.4 Å². The number of rotatable bonds is 5. The van der Waals surface area contributed by atoms with Crippen LogP contribution in [0, 0.1) is 11.8 Å². The number of fused-ring (bicyclic) bond motifs is 1. The minimum Gasteiger partial charge on any atom is -0.359 e. The molecule has 3 aliphatic heterocycles. The van der Waals surface area contributed by atoms with Crippen LogP contribution in [0.3, 0.4) is 0 Å². The van der Waals surface area contributed by atoms with Crippen molar-refractivity contribution in [2.45, 2.75) is 113 Å². The second kappa shape index (κ2) is 7.86. The van der Waals surface area contributed by atoms with Crippen molar-refractivity contribution in [1.29, 1.82) is 0 Å². The summed E-state index contributed by atoms with van der Waals surface area (Å²) in [7, 11) is 0. The zero-order valence-corrected chi connectivity index (χ0v) is 18.8. The van der Waals surface area contributed by atoms with Gasteiger partial charge in [-0.25, -0.2) is 0 Å². The van der Waals surface area contributed by atoms with Crippen LogP contribution in [0.2, 0.25) is 0 Å². The highest BCUT2D eigenvalue weighted by Gasteiger charge is 2.73. The minimum atomic E-state index is -1.01. The molecule has 0 aromatic carbocycles. The van der Waals surface area contributed by atoms with Crippen LogP contribution in [-0.2, 0) is 19.1 Å². The number of nitrogens with zero attached hydrogens (tertiary/aromatic N) is 1. The average molecular weight is 442 g/mol. The van der Waals surface area contributed by atoms with E-state index in [1.807, 2.05) is 17.1 Å². The van der Waals surface area contributed by atoms with Gasteiger partial charge < -0.3 is 20.3 Å². The molecule has 0 radical (unpaired) electrons. The lowest BCUT2D eigenvalue weighted by atomic mass is 9.74. The van der Waals surface area contributed by atoms with E-state index in [2.05, 4.69) is 10.6 Å². The van der Waals surface area contributed by atoms with Gasteiger partial charge >= 0.3 is 0 Å². The molecule has 2 N–H and O–H groups in total. The minimum absolute atomic E-state index is 0.0538. The fourth-order valence-corrected chi connectivity index (χ4v) is 7.50. The summed E-state index contributed by atoms with van der Waals surface area (Å²) < 4.78 is 6.45. The van der Waals surface area contributed by atoms with E-state index < -0.39 is 29.6 Å². The van der Waals surface area contributed by atoms with E-state index in [9.17, 15) is 14.4 Å². The van der Waals surface area contributed by atoms with Gasteiger partial charge in [-0.15, -0.1) is 0 Å². The maximum atomic E-state index is 13.9. The number of nitrogens with one attached hydrogen (secondary N) is 2. The van der Waals surface area contributed by atoms with Gasteiger partial charge in [0.15, 0.2) is 0 Å². The molecule has 3 amide bonds. The number of likely N-dealkylation sites (tertiary alicyclic amines) is 1. The molecule has 6 rings (SSSR count). The number of ether oxygens (including phenoxy) is 1. The Kier molecular flexibility index (Phi) is 5.08. The van der Waals surface area contributed by atoms with E-state index in [0.29, 0.717) is 0 Å². The standard InChI is InChI=1S/C25H35N3O4/c29-22(26-15-7-1-2-8-15)19-18-13-14-25(32-18)20(19)24(31)28(17-11-5-6-12-17)21(25)23(30)27-16-9-3-4-10-16/h13-21H,1-12H2,(H,26,29)(H,27,30)/t18-,19-,20+,21-,25-/m1/s1. The van der Waals surface area contributed by atoms with Crippen LogP contribution in [0.25, 0.3) is 0 Å². The third-order valence-electron chi connectivity index (χ3n) is 8.98. The van der Waals surface area contributed by atoms with Crippen LogP contribution < -0.4 is 10.6 Å². The molecule has 3 saturated carbocycles. The first-order valence-corrected chi connectivity index (χ1v) is 12.9. The summed E-state index contributed by atoms with van der Waals surface area (Å²) in [5, 5.41) is 6.44. The van der Waals surface area contributed by atoms with Crippen molar-refractivity contribution < 1.29 is 19.1 Å². The first-order chi connectivity index (χ1) is 15.6. The van der Waals surface area contributed by atoms with Gasteiger partial charge in [-0.1, -0.05) is 50.7 Å². The molecular formula is C25H35N3O4. The predicted octanol–water partition coefficient (Wildman–Crippen LogP) is 2.20. The average Bonchev–Trinajstić information content (AvgIpc) is 3.58. The summed E-state index contributed by atoms with van der Waals surface area (Å²) in [4.78, 5) is 42.8. The lowest BCUT2D eigenvalue weighted by Gasteiger charge is -2.36.